The monoisotopic (exact) mass is 340 g/mol. The summed E-state index contributed by atoms with van der Waals surface area (Å²) in [5, 5.41) is 7.14. The van der Waals surface area contributed by atoms with Crippen molar-refractivity contribution in [1.82, 2.24) is 30.0 Å². The number of benzene rings is 1. The lowest BCUT2D eigenvalue weighted by atomic mass is 10.1. The maximum absolute atomic E-state index is 11.6. The van der Waals surface area contributed by atoms with E-state index >= 15 is 0 Å². The van der Waals surface area contributed by atoms with Crippen LogP contribution < -0.4 is 5.32 Å². The SMILES string of the molecule is CCCCn1nc(CC(=O)NC)nc1Cc1ccc2nc(C)[nH]c2c1. The van der Waals surface area contributed by atoms with Gasteiger partial charge in [-0.3, -0.25) is 4.79 Å². The van der Waals surface area contributed by atoms with E-state index in [1.165, 1.54) is 0 Å². The average molecular weight is 340 g/mol. The zero-order chi connectivity index (χ0) is 17.8. The molecule has 0 spiro atoms. The third kappa shape index (κ3) is 4.04. The van der Waals surface area contributed by atoms with Crippen LogP contribution in [0.5, 0.6) is 0 Å². The molecule has 132 valence electrons. The molecule has 7 nitrogen and oxygen atoms in total. The molecule has 0 saturated carbocycles. The summed E-state index contributed by atoms with van der Waals surface area (Å²) in [6, 6.07) is 6.19. The van der Waals surface area contributed by atoms with Crippen LogP contribution in [0.25, 0.3) is 11.0 Å². The molecule has 0 aliphatic heterocycles. The zero-order valence-electron chi connectivity index (χ0n) is 15.0. The first-order chi connectivity index (χ1) is 12.1. The van der Waals surface area contributed by atoms with E-state index in [1.54, 1.807) is 7.05 Å². The molecule has 0 unspecified atom stereocenters. The molecule has 0 atom stereocenters. The summed E-state index contributed by atoms with van der Waals surface area (Å²) in [5.41, 5.74) is 3.14. The second-order valence-electron chi connectivity index (χ2n) is 6.22. The second kappa shape index (κ2) is 7.46. The Morgan fingerprint density at radius 3 is 2.92 bits per heavy atom. The van der Waals surface area contributed by atoms with Crippen molar-refractivity contribution in [1.29, 1.82) is 0 Å². The lowest BCUT2D eigenvalue weighted by Crippen LogP contribution is -2.20. The van der Waals surface area contributed by atoms with Crippen LogP contribution >= 0.6 is 0 Å². The number of fused-ring (bicyclic) bond motifs is 1. The van der Waals surface area contributed by atoms with Crippen molar-refractivity contribution in [2.45, 2.75) is 46.1 Å². The molecule has 0 radical (unpaired) electrons. The van der Waals surface area contributed by atoms with Crippen molar-refractivity contribution in [3.8, 4) is 0 Å². The van der Waals surface area contributed by atoms with E-state index in [9.17, 15) is 4.79 Å². The van der Waals surface area contributed by atoms with Crippen LogP contribution in [0.4, 0.5) is 0 Å². The van der Waals surface area contributed by atoms with Gasteiger partial charge in [0.1, 0.15) is 11.6 Å². The molecule has 0 bridgehead atoms. The van der Waals surface area contributed by atoms with E-state index in [0.29, 0.717) is 12.2 Å². The number of carbonyl (C=O) groups excluding carboxylic acids is 1. The highest BCUT2D eigenvalue weighted by Gasteiger charge is 2.13. The molecule has 2 heterocycles. The molecule has 0 saturated heterocycles. The Kier molecular flexibility index (Phi) is 5.11. The standard InChI is InChI=1S/C18H24N6O/c1-4-5-8-24-17(22-16(23-24)11-18(25)19-3)10-13-6-7-14-15(9-13)21-12(2)20-14/h6-7,9H,4-5,8,10-11H2,1-3H3,(H,19,25)(H,20,21). The summed E-state index contributed by atoms with van der Waals surface area (Å²) >= 11 is 0. The topological polar surface area (TPSA) is 88.5 Å². The maximum atomic E-state index is 11.6. The summed E-state index contributed by atoms with van der Waals surface area (Å²) < 4.78 is 1.93. The summed E-state index contributed by atoms with van der Waals surface area (Å²) in [5.74, 6) is 2.30. The minimum atomic E-state index is -0.0754. The fourth-order valence-corrected chi connectivity index (χ4v) is 2.83. The van der Waals surface area contributed by atoms with E-state index in [-0.39, 0.29) is 12.3 Å². The van der Waals surface area contributed by atoms with E-state index in [2.05, 4.69) is 44.4 Å². The summed E-state index contributed by atoms with van der Waals surface area (Å²) in [6.45, 7) is 4.92. The van der Waals surface area contributed by atoms with Crippen molar-refractivity contribution in [2.24, 2.45) is 0 Å². The highest BCUT2D eigenvalue weighted by atomic mass is 16.1. The van der Waals surface area contributed by atoms with Crippen molar-refractivity contribution < 1.29 is 4.79 Å². The van der Waals surface area contributed by atoms with Gasteiger partial charge in [0.2, 0.25) is 5.91 Å². The normalized spacial score (nSPS) is 11.2. The molecule has 7 heteroatoms. The van der Waals surface area contributed by atoms with Gasteiger partial charge in [-0.25, -0.2) is 14.6 Å². The van der Waals surface area contributed by atoms with Gasteiger partial charge in [0.15, 0.2) is 5.82 Å². The third-order valence-electron chi connectivity index (χ3n) is 4.14. The first-order valence-corrected chi connectivity index (χ1v) is 8.67. The highest BCUT2D eigenvalue weighted by molar-refractivity contribution is 5.77. The van der Waals surface area contributed by atoms with Crippen LogP contribution in [0.2, 0.25) is 0 Å². The molecular weight excluding hydrogens is 316 g/mol. The number of aryl methyl sites for hydroxylation is 2. The Balaban J connectivity index is 1.85. The molecule has 3 rings (SSSR count). The number of rotatable bonds is 7. The maximum Gasteiger partial charge on any atom is 0.227 e. The Labute approximate surface area is 146 Å². The Morgan fingerprint density at radius 1 is 1.32 bits per heavy atom. The number of H-pyrrole nitrogens is 1. The van der Waals surface area contributed by atoms with Crippen LogP contribution in [-0.2, 0) is 24.2 Å². The van der Waals surface area contributed by atoms with Gasteiger partial charge >= 0.3 is 0 Å². The molecule has 2 N–H and O–H groups in total. The first-order valence-electron chi connectivity index (χ1n) is 8.67. The minimum absolute atomic E-state index is 0.0754. The second-order valence-corrected chi connectivity index (χ2v) is 6.22. The number of carbonyl (C=O) groups is 1. The van der Waals surface area contributed by atoms with Crippen LogP contribution in [-0.4, -0.2) is 37.7 Å². The van der Waals surface area contributed by atoms with Gasteiger partial charge in [-0.05, 0) is 31.0 Å². The number of amides is 1. The molecule has 0 aliphatic carbocycles. The average Bonchev–Trinajstić information content (AvgIpc) is 3.14. The summed E-state index contributed by atoms with van der Waals surface area (Å²) in [4.78, 5) is 23.9. The smallest absolute Gasteiger partial charge is 0.227 e. The molecule has 2 aromatic heterocycles. The lowest BCUT2D eigenvalue weighted by molar-refractivity contribution is -0.120. The van der Waals surface area contributed by atoms with Crippen molar-refractivity contribution in [2.75, 3.05) is 7.05 Å². The van der Waals surface area contributed by atoms with E-state index in [1.807, 2.05) is 17.7 Å². The molecule has 1 aromatic carbocycles. The van der Waals surface area contributed by atoms with Gasteiger partial charge < -0.3 is 10.3 Å². The molecule has 25 heavy (non-hydrogen) atoms. The van der Waals surface area contributed by atoms with E-state index in [0.717, 1.165) is 47.6 Å². The van der Waals surface area contributed by atoms with Crippen molar-refractivity contribution in [3.05, 3.63) is 41.2 Å². The van der Waals surface area contributed by atoms with Crippen molar-refractivity contribution >= 4 is 16.9 Å². The van der Waals surface area contributed by atoms with Crippen LogP contribution in [0.3, 0.4) is 0 Å². The number of imidazole rings is 1. The van der Waals surface area contributed by atoms with Gasteiger partial charge in [0.25, 0.3) is 0 Å². The number of likely N-dealkylation sites (N-methyl/N-ethyl adjacent to an activating group) is 1. The summed E-state index contributed by atoms with van der Waals surface area (Å²) in [7, 11) is 1.62. The highest BCUT2D eigenvalue weighted by Crippen LogP contribution is 2.16. The number of aromatic nitrogens is 5. The summed E-state index contributed by atoms with van der Waals surface area (Å²) in [6.07, 6.45) is 3.01. The Morgan fingerprint density at radius 2 is 2.16 bits per heavy atom. The number of nitrogens with zero attached hydrogens (tertiary/aromatic N) is 4. The van der Waals surface area contributed by atoms with Crippen LogP contribution in [0, 0.1) is 6.92 Å². The zero-order valence-corrected chi connectivity index (χ0v) is 15.0. The van der Waals surface area contributed by atoms with E-state index in [4.69, 9.17) is 0 Å². The van der Waals surface area contributed by atoms with Gasteiger partial charge in [-0.15, -0.1) is 0 Å². The van der Waals surface area contributed by atoms with Gasteiger partial charge in [0, 0.05) is 20.0 Å². The predicted molar refractivity (Wildman–Crippen MR) is 96.3 cm³/mol. The van der Waals surface area contributed by atoms with Crippen molar-refractivity contribution in [3.63, 3.8) is 0 Å². The van der Waals surface area contributed by atoms with Gasteiger partial charge in [-0.2, -0.15) is 5.10 Å². The quantitative estimate of drug-likeness (QED) is 0.690. The third-order valence-corrected chi connectivity index (χ3v) is 4.14. The minimum Gasteiger partial charge on any atom is -0.359 e. The van der Waals surface area contributed by atoms with Crippen LogP contribution in [0.15, 0.2) is 18.2 Å². The molecule has 0 aliphatic rings. The predicted octanol–water partition coefficient (Wildman–Crippen LogP) is 2.14. The number of hydrogen-bond acceptors (Lipinski definition) is 4. The number of hydrogen-bond donors (Lipinski definition) is 2. The molecule has 3 aromatic rings. The molecule has 1 amide bonds. The number of unbranched alkanes of at least 4 members (excludes halogenated alkanes) is 1. The largest absolute Gasteiger partial charge is 0.359 e. The first kappa shape index (κ1) is 17.1. The lowest BCUT2D eigenvalue weighted by Gasteiger charge is -2.05. The fraction of sp³-hybridized carbons (Fsp3) is 0.444. The fourth-order valence-electron chi connectivity index (χ4n) is 2.83. The Hall–Kier alpha value is -2.70. The number of nitrogens with one attached hydrogen (secondary N) is 2. The Bertz CT molecular complexity index is 879. The van der Waals surface area contributed by atoms with Gasteiger partial charge in [-0.1, -0.05) is 19.4 Å². The van der Waals surface area contributed by atoms with Gasteiger partial charge in [0.05, 0.1) is 17.5 Å². The van der Waals surface area contributed by atoms with E-state index < -0.39 is 0 Å². The van der Waals surface area contributed by atoms with Crippen LogP contribution in [0.1, 0.15) is 42.8 Å². The number of aromatic amines is 1. The molecular formula is C18H24N6O. The molecule has 0 fully saturated rings.